The summed E-state index contributed by atoms with van der Waals surface area (Å²) in [4.78, 5) is 18.3. The number of rotatable bonds is 6. The lowest BCUT2D eigenvalue weighted by Gasteiger charge is -2.08. The number of aromatic amines is 1. The summed E-state index contributed by atoms with van der Waals surface area (Å²) in [5.41, 5.74) is 0.960. The molecule has 0 aliphatic carbocycles. The van der Waals surface area contributed by atoms with E-state index in [4.69, 9.17) is 4.74 Å². The van der Waals surface area contributed by atoms with E-state index < -0.39 is 0 Å². The third-order valence-corrected chi connectivity index (χ3v) is 2.50. The number of carbonyl (C=O) groups is 1. The second-order valence-corrected chi connectivity index (χ2v) is 3.93. The maximum absolute atomic E-state index is 11.5. The summed E-state index contributed by atoms with van der Waals surface area (Å²) >= 11 is 0. The van der Waals surface area contributed by atoms with Crippen LogP contribution in [-0.2, 0) is 11.2 Å². The fourth-order valence-electron chi connectivity index (χ4n) is 1.53. The largest absolute Gasteiger partial charge is 0.504 e. The molecule has 1 amide bonds. The van der Waals surface area contributed by atoms with Crippen molar-refractivity contribution in [1.82, 2.24) is 15.3 Å². The molecule has 0 spiro atoms. The van der Waals surface area contributed by atoms with Crippen molar-refractivity contribution in [3.05, 3.63) is 42.5 Å². The molecular formula is C13H15N3O3. The molecule has 0 aliphatic heterocycles. The summed E-state index contributed by atoms with van der Waals surface area (Å²) in [7, 11) is 0. The summed E-state index contributed by atoms with van der Waals surface area (Å²) in [5, 5.41) is 12.2. The fraction of sp³-hybridized carbons (Fsp3) is 0.231. The summed E-state index contributed by atoms with van der Waals surface area (Å²) in [5.74, 6) is 0.0850. The van der Waals surface area contributed by atoms with E-state index in [9.17, 15) is 9.90 Å². The molecule has 2 aromatic rings. The van der Waals surface area contributed by atoms with Crippen LogP contribution in [0, 0.1) is 0 Å². The van der Waals surface area contributed by atoms with E-state index in [2.05, 4.69) is 15.3 Å². The van der Waals surface area contributed by atoms with Crippen LogP contribution in [-0.4, -0.2) is 34.1 Å². The lowest BCUT2D eigenvalue weighted by Crippen LogP contribution is -2.30. The van der Waals surface area contributed by atoms with Gasteiger partial charge in [0.1, 0.15) is 0 Å². The maximum Gasteiger partial charge on any atom is 0.257 e. The first-order chi connectivity index (χ1) is 9.25. The quantitative estimate of drug-likeness (QED) is 0.719. The molecule has 0 atom stereocenters. The zero-order valence-electron chi connectivity index (χ0n) is 10.3. The molecule has 0 saturated carbocycles. The standard InChI is InChI=1S/C13H15N3O3/c17-11-3-1-2-4-12(11)19-8-13(18)15-6-5-10-7-14-9-16-10/h1-4,7,9,17H,5-6,8H2,(H,14,16)(H,15,18). The average Bonchev–Trinajstić information content (AvgIpc) is 2.91. The minimum absolute atomic E-state index is 0.0211. The van der Waals surface area contributed by atoms with E-state index in [1.165, 1.54) is 6.07 Å². The Morgan fingerprint density at radius 3 is 3.00 bits per heavy atom. The van der Waals surface area contributed by atoms with Gasteiger partial charge in [-0.3, -0.25) is 4.79 Å². The lowest BCUT2D eigenvalue weighted by atomic mass is 10.3. The number of phenolic OH excluding ortho intramolecular Hbond substituents is 1. The Balaban J connectivity index is 1.69. The van der Waals surface area contributed by atoms with Crippen molar-refractivity contribution in [2.24, 2.45) is 0 Å². The van der Waals surface area contributed by atoms with E-state index in [0.29, 0.717) is 18.7 Å². The van der Waals surface area contributed by atoms with Gasteiger partial charge in [0.05, 0.1) is 6.33 Å². The summed E-state index contributed by atoms with van der Waals surface area (Å²) in [6, 6.07) is 6.52. The number of ether oxygens (including phenoxy) is 1. The smallest absolute Gasteiger partial charge is 0.257 e. The molecule has 1 aromatic carbocycles. The molecule has 1 heterocycles. The van der Waals surface area contributed by atoms with Crippen LogP contribution in [0.5, 0.6) is 11.5 Å². The summed E-state index contributed by atoms with van der Waals surface area (Å²) in [6.45, 7) is 0.381. The first-order valence-corrected chi connectivity index (χ1v) is 5.90. The molecule has 100 valence electrons. The molecule has 1 aromatic heterocycles. The molecule has 19 heavy (non-hydrogen) atoms. The van der Waals surface area contributed by atoms with Crippen LogP contribution in [0.3, 0.4) is 0 Å². The molecule has 6 heteroatoms. The van der Waals surface area contributed by atoms with Crippen LogP contribution in [0.2, 0.25) is 0 Å². The highest BCUT2D eigenvalue weighted by molar-refractivity contribution is 5.77. The predicted molar refractivity (Wildman–Crippen MR) is 68.9 cm³/mol. The van der Waals surface area contributed by atoms with Crippen LogP contribution in [0.25, 0.3) is 0 Å². The van der Waals surface area contributed by atoms with E-state index in [-0.39, 0.29) is 18.3 Å². The second-order valence-electron chi connectivity index (χ2n) is 3.93. The number of amides is 1. The number of H-pyrrole nitrogens is 1. The van der Waals surface area contributed by atoms with Gasteiger partial charge in [-0.15, -0.1) is 0 Å². The van der Waals surface area contributed by atoms with E-state index in [0.717, 1.165) is 5.69 Å². The first-order valence-electron chi connectivity index (χ1n) is 5.90. The summed E-state index contributed by atoms with van der Waals surface area (Å²) < 4.78 is 5.20. The molecule has 0 bridgehead atoms. The van der Waals surface area contributed by atoms with Gasteiger partial charge in [0.25, 0.3) is 5.91 Å². The number of phenols is 1. The van der Waals surface area contributed by atoms with Crippen molar-refractivity contribution in [2.45, 2.75) is 6.42 Å². The van der Waals surface area contributed by atoms with Gasteiger partial charge in [-0.05, 0) is 12.1 Å². The van der Waals surface area contributed by atoms with Gasteiger partial charge in [-0.1, -0.05) is 12.1 Å². The van der Waals surface area contributed by atoms with Crippen molar-refractivity contribution in [2.75, 3.05) is 13.2 Å². The minimum Gasteiger partial charge on any atom is -0.504 e. The Bertz CT molecular complexity index is 526. The molecule has 2 rings (SSSR count). The van der Waals surface area contributed by atoms with Crippen molar-refractivity contribution < 1.29 is 14.6 Å². The topological polar surface area (TPSA) is 87.2 Å². The third-order valence-electron chi connectivity index (χ3n) is 2.50. The Morgan fingerprint density at radius 1 is 1.42 bits per heavy atom. The Hall–Kier alpha value is -2.50. The van der Waals surface area contributed by atoms with Crippen molar-refractivity contribution in [3.8, 4) is 11.5 Å². The normalized spacial score (nSPS) is 10.1. The number of aromatic nitrogens is 2. The fourth-order valence-corrected chi connectivity index (χ4v) is 1.53. The van der Waals surface area contributed by atoms with Gasteiger partial charge >= 0.3 is 0 Å². The molecular weight excluding hydrogens is 246 g/mol. The van der Waals surface area contributed by atoms with Crippen LogP contribution in [0.4, 0.5) is 0 Å². The average molecular weight is 261 g/mol. The number of hydrogen-bond acceptors (Lipinski definition) is 4. The van der Waals surface area contributed by atoms with Gasteiger partial charge in [0, 0.05) is 24.9 Å². The molecule has 6 nitrogen and oxygen atoms in total. The van der Waals surface area contributed by atoms with Gasteiger partial charge in [0.15, 0.2) is 18.1 Å². The zero-order chi connectivity index (χ0) is 13.5. The van der Waals surface area contributed by atoms with Crippen molar-refractivity contribution in [1.29, 1.82) is 0 Å². The van der Waals surface area contributed by atoms with Gasteiger partial charge in [-0.2, -0.15) is 0 Å². The van der Waals surface area contributed by atoms with E-state index >= 15 is 0 Å². The molecule has 0 radical (unpaired) electrons. The van der Waals surface area contributed by atoms with Crippen LogP contribution >= 0.6 is 0 Å². The molecule has 0 aliphatic rings. The van der Waals surface area contributed by atoms with Gasteiger partial charge in [0.2, 0.25) is 0 Å². The zero-order valence-corrected chi connectivity index (χ0v) is 10.3. The molecule has 0 saturated heterocycles. The summed E-state index contributed by atoms with van der Waals surface area (Å²) in [6.07, 6.45) is 3.99. The maximum atomic E-state index is 11.5. The molecule has 3 N–H and O–H groups in total. The second kappa shape index (κ2) is 6.44. The Labute approximate surface area is 110 Å². The van der Waals surface area contributed by atoms with Crippen molar-refractivity contribution in [3.63, 3.8) is 0 Å². The number of para-hydroxylation sites is 2. The monoisotopic (exact) mass is 261 g/mol. The number of imidazole rings is 1. The predicted octanol–water partition coefficient (Wildman–Crippen LogP) is 0.853. The highest BCUT2D eigenvalue weighted by Crippen LogP contribution is 2.23. The van der Waals surface area contributed by atoms with Gasteiger partial charge < -0.3 is 20.1 Å². The third kappa shape index (κ3) is 4.02. The van der Waals surface area contributed by atoms with Crippen LogP contribution in [0.1, 0.15) is 5.69 Å². The van der Waals surface area contributed by atoms with Gasteiger partial charge in [-0.25, -0.2) is 4.98 Å². The van der Waals surface area contributed by atoms with Crippen LogP contribution in [0.15, 0.2) is 36.8 Å². The lowest BCUT2D eigenvalue weighted by molar-refractivity contribution is -0.123. The van der Waals surface area contributed by atoms with E-state index in [1.54, 1.807) is 30.7 Å². The highest BCUT2D eigenvalue weighted by Gasteiger charge is 2.05. The first kappa shape index (κ1) is 12.9. The number of aromatic hydroxyl groups is 1. The molecule has 0 unspecified atom stereocenters. The Kier molecular flexibility index (Phi) is 4.39. The number of nitrogens with zero attached hydrogens (tertiary/aromatic N) is 1. The number of carbonyl (C=O) groups excluding carboxylic acids is 1. The Morgan fingerprint density at radius 2 is 2.26 bits per heavy atom. The van der Waals surface area contributed by atoms with E-state index in [1.807, 2.05) is 0 Å². The van der Waals surface area contributed by atoms with Crippen LogP contribution < -0.4 is 10.1 Å². The number of nitrogens with one attached hydrogen (secondary N) is 2. The number of benzene rings is 1. The highest BCUT2D eigenvalue weighted by atomic mass is 16.5. The number of hydrogen-bond donors (Lipinski definition) is 3. The molecule has 0 fully saturated rings. The van der Waals surface area contributed by atoms with Crippen molar-refractivity contribution >= 4 is 5.91 Å². The SMILES string of the molecule is O=C(COc1ccccc1O)NCCc1cnc[nH]1. The minimum atomic E-state index is -0.234.